The Morgan fingerprint density at radius 3 is 2.95 bits per heavy atom. The Hall–Kier alpha value is -1.53. The van der Waals surface area contributed by atoms with Gasteiger partial charge in [0.1, 0.15) is 0 Å². The molecule has 3 rings (SSSR count). The zero-order valence-electron chi connectivity index (χ0n) is 12.9. The van der Waals surface area contributed by atoms with E-state index in [9.17, 15) is 4.79 Å². The van der Waals surface area contributed by atoms with Gasteiger partial charge in [-0.25, -0.2) is 0 Å². The van der Waals surface area contributed by atoms with Gasteiger partial charge in [-0.15, -0.1) is 0 Å². The maximum absolute atomic E-state index is 12.3. The number of hydrogen-bond acceptors (Lipinski definition) is 5. The van der Waals surface area contributed by atoms with E-state index in [0.717, 1.165) is 38.9 Å². The maximum Gasteiger partial charge on any atom is 0.287 e. The summed E-state index contributed by atoms with van der Waals surface area (Å²) in [6, 6.07) is 3.42. The minimum Gasteiger partial charge on any atom is -0.465 e. The second-order valence-electron chi connectivity index (χ2n) is 5.86. The Labute approximate surface area is 130 Å². The van der Waals surface area contributed by atoms with Gasteiger partial charge in [-0.05, 0) is 38.7 Å². The second kappa shape index (κ2) is 6.71. The molecule has 1 aromatic heterocycles. The Morgan fingerprint density at radius 1 is 1.36 bits per heavy atom. The van der Waals surface area contributed by atoms with Crippen molar-refractivity contribution in [2.45, 2.75) is 44.2 Å². The predicted molar refractivity (Wildman–Crippen MR) is 79.1 cm³/mol. The van der Waals surface area contributed by atoms with Crippen molar-refractivity contribution in [3.8, 4) is 5.95 Å². The molecule has 3 heterocycles. The molecule has 1 aromatic rings. The molecular weight excluding hydrogens is 286 g/mol. The van der Waals surface area contributed by atoms with Crippen LogP contribution in [0.5, 0.6) is 5.95 Å². The highest BCUT2D eigenvalue weighted by molar-refractivity contribution is 5.91. The lowest BCUT2D eigenvalue weighted by molar-refractivity contribution is -0.139. The highest BCUT2D eigenvalue weighted by Gasteiger charge is 2.39. The number of hydrogen-bond donors (Lipinski definition) is 1. The monoisotopic (exact) mass is 309 g/mol. The summed E-state index contributed by atoms with van der Waals surface area (Å²) in [5, 5.41) is 3.05. The van der Waals surface area contributed by atoms with Crippen molar-refractivity contribution < 1.29 is 23.4 Å². The first-order chi connectivity index (χ1) is 10.7. The van der Waals surface area contributed by atoms with Crippen molar-refractivity contribution >= 4 is 5.91 Å². The summed E-state index contributed by atoms with van der Waals surface area (Å²) in [7, 11) is 0. The molecule has 2 aliphatic heterocycles. The van der Waals surface area contributed by atoms with Crippen molar-refractivity contribution in [1.82, 2.24) is 5.32 Å². The van der Waals surface area contributed by atoms with Crippen LogP contribution in [0.3, 0.4) is 0 Å². The number of carbonyl (C=O) groups excluding carboxylic acids is 1. The molecule has 2 aliphatic rings. The van der Waals surface area contributed by atoms with E-state index in [2.05, 4.69) is 5.32 Å². The quantitative estimate of drug-likeness (QED) is 0.922. The first-order valence-electron chi connectivity index (χ1n) is 7.96. The smallest absolute Gasteiger partial charge is 0.287 e. The Kier molecular flexibility index (Phi) is 4.69. The fourth-order valence-electron chi connectivity index (χ4n) is 3.16. The summed E-state index contributed by atoms with van der Waals surface area (Å²) in [6.07, 6.45) is 3.46. The summed E-state index contributed by atoms with van der Waals surface area (Å²) in [6.45, 7) is 4.52. The van der Waals surface area contributed by atoms with Crippen molar-refractivity contribution in [2.75, 3.05) is 26.4 Å². The van der Waals surface area contributed by atoms with Crippen LogP contribution in [0.1, 0.15) is 43.2 Å². The minimum atomic E-state index is -0.194. The van der Waals surface area contributed by atoms with Crippen LogP contribution in [-0.2, 0) is 9.47 Å². The van der Waals surface area contributed by atoms with Gasteiger partial charge in [0, 0.05) is 31.9 Å². The summed E-state index contributed by atoms with van der Waals surface area (Å²) in [5.41, 5.74) is -0.131. The van der Waals surface area contributed by atoms with E-state index in [-0.39, 0.29) is 23.3 Å². The molecule has 0 unspecified atom stereocenters. The molecule has 1 spiro atoms. The van der Waals surface area contributed by atoms with Gasteiger partial charge in [-0.3, -0.25) is 4.79 Å². The molecule has 1 atom stereocenters. The molecule has 0 bridgehead atoms. The lowest BCUT2D eigenvalue weighted by atomic mass is 9.84. The standard InChI is InChI=1S/C16H23NO5/c1-2-20-14-4-3-13(22-14)15(18)17-12-5-8-21-16(11-12)6-9-19-10-7-16/h3-4,12H,2,5-11H2,1H3,(H,17,18)/t12-/m1/s1. The van der Waals surface area contributed by atoms with Crippen molar-refractivity contribution in [2.24, 2.45) is 0 Å². The van der Waals surface area contributed by atoms with Crippen molar-refractivity contribution in [3.05, 3.63) is 17.9 Å². The van der Waals surface area contributed by atoms with Crippen LogP contribution < -0.4 is 10.1 Å². The van der Waals surface area contributed by atoms with Gasteiger partial charge in [0.25, 0.3) is 11.9 Å². The maximum atomic E-state index is 12.3. The average Bonchev–Trinajstić information content (AvgIpc) is 2.97. The molecule has 122 valence electrons. The van der Waals surface area contributed by atoms with E-state index in [4.69, 9.17) is 18.6 Å². The molecule has 22 heavy (non-hydrogen) atoms. The number of ether oxygens (including phenoxy) is 3. The van der Waals surface area contributed by atoms with E-state index in [0.29, 0.717) is 19.2 Å². The highest BCUT2D eigenvalue weighted by Crippen LogP contribution is 2.34. The lowest BCUT2D eigenvalue weighted by Gasteiger charge is -2.43. The molecule has 0 radical (unpaired) electrons. The summed E-state index contributed by atoms with van der Waals surface area (Å²) < 4.78 is 22.0. The normalized spacial score (nSPS) is 24.1. The first-order valence-corrected chi connectivity index (χ1v) is 7.96. The zero-order chi connectivity index (χ0) is 15.4. The van der Waals surface area contributed by atoms with E-state index in [1.54, 1.807) is 12.1 Å². The third-order valence-electron chi connectivity index (χ3n) is 4.32. The number of rotatable bonds is 4. The molecule has 0 aromatic carbocycles. The van der Waals surface area contributed by atoms with Gasteiger partial charge in [0.15, 0.2) is 5.76 Å². The van der Waals surface area contributed by atoms with Crippen LogP contribution in [0.15, 0.2) is 16.5 Å². The van der Waals surface area contributed by atoms with Crippen LogP contribution in [0.25, 0.3) is 0 Å². The zero-order valence-corrected chi connectivity index (χ0v) is 12.9. The fraction of sp³-hybridized carbons (Fsp3) is 0.688. The Morgan fingerprint density at radius 2 is 2.18 bits per heavy atom. The van der Waals surface area contributed by atoms with Gasteiger partial charge < -0.3 is 23.9 Å². The second-order valence-corrected chi connectivity index (χ2v) is 5.86. The molecule has 1 N–H and O–H groups in total. The van der Waals surface area contributed by atoms with E-state index < -0.39 is 0 Å². The van der Waals surface area contributed by atoms with E-state index in [1.165, 1.54) is 0 Å². The van der Waals surface area contributed by atoms with Crippen LogP contribution in [0.4, 0.5) is 0 Å². The largest absolute Gasteiger partial charge is 0.465 e. The molecule has 6 heteroatoms. The third kappa shape index (κ3) is 3.44. The summed E-state index contributed by atoms with van der Waals surface area (Å²) in [4.78, 5) is 12.3. The van der Waals surface area contributed by atoms with Crippen LogP contribution in [-0.4, -0.2) is 44.0 Å². The molecule has 2 saturated heterocycles. The minimum absolute atomic E-state index is 0.111. The lowest BCUT2D eigenvalue weighted by Crippen LogP contribution is -2.51. The van der Waals surface area contributed by atoms with Gasteiger partial charge in [-0.1, -0.05) is 0 Å². The van der Waals surface area contributed by atoms with Gasteiger partial charge in [0.05, 0.1) is 12.2 Å². The van der Waals surface area contributed by atoms with E-state index in [1.807, 2.05) is 6.92 Å². The SMILES string of the molecule is CCOc1ccc(C(=O)N[C@@H]2CCOC3(CCOCC3)C2)o1. The molecule has 0 aliphatic carbocycles. The van der Waals surface area contributed by atoms with Crippen molar-refractivity contribution in [3.63, 3.8) is 0 Å². The van der Waals surface area contributed by atoms with Crippen LogP contribution >= 0.6 is 0 Å². The molecule has 0 saturated carbocycles. The molecule has 1 amide bonds. The van der Waals surface area contributed by atoms with Gasteiger partial charge >= 0.3 is 0 Å². The average molecular weight is 309 g/mol. The molecule has 6 nitrogen and oxygen atoms in total. The Balaban J connectivity index is 1.58. The topological polar surface area (TPSA) is 69.9 Å². The number of amides is 1. The van der Waals surface area contributed by atoms with Crippen LogP contribution in [0, 0.1) is 0 Å². The van der Waals surface area contributed by atoms with Gasteiger partial charge in [0.2, 0.25) is 0 Å². The number of furan rings is 1. The summed E-state index contributed by atoms with van der Waals surface area (Å²) >= 11 is 0. The van der Waals surface area contributed by atoms with Crippen LogP contribution in [0.2, 0.25) is 0 Å². The Bertz CT molecular complexity index is 501. The predicted octanol–water partition coefficient (Wildman–Crippen LogP) is 2.14. The molecule has 2 fully saturated rings. The number of carbonyl (C=O) groups is 1. The molecular formula is C16H23NO5. The van der Waals surface area contributed by atoms with Crippen molar-refractivity contribution in [1.29, 1.82) is 0 Å². The van der Waals surface area contributed by atoms with E-state index >= 15 is 0 Å². The third-order valence-corrected chi connectivity index (χ3v) is 4.32. The number of nitrogens with one attached hydrogen (secondary N) is 1. The highest BCUT2D eigenvalue weighted by atomic mass is 16.6. The first kappa shape index (κ1) is 15.4. The summed E-state index contributed by atoms with van der Waals surface area (Å²) in [5.74, 6) is 0.469. The fourth-order valence-corrected chi connectivity index (χ4v) is 3.16. The van der Waals surface area contributed by atoms with Gasteiger partial charge in [-0.2, -0.15) is 0 Å².